The van der Waals surface area contributed by atoms with E-state index in [1.54, 1.807) is 0 Å². The first-order chi connectivity index (χ1) is 4.84. The molecule has 0 amide bonds. The lowest BCUT2D eigenvalue weighted by Gasteiger charge is -2.18. The minimum absolute atomic E-state index is 0.188. The highest BCUT2D eigenvalue weighted by Gasteiger charge is 2.20. The molecule has 1 fully saturated rings. The SMILES string of the molecule is NCCCN1CCCC1O. The van der Waals surface area contributed by atoms with Crippen molar-refractivity contribution in [1.29, 1.82) is 0 Å². The van der Waals surface area contributed by atoms with Gasteiger partial charge in [-0.25, -0.2) is 0 Å². The van der Waals surface area contributed by atoms with Gasteiger partial charge in [0, 0.05) is 13.1 Å². The van der Waals surface area contributed by atoms with Crippen molar-refractivity contribution in [2.45, 2.75) is 25.5 Å². The Kier molecular flexibility index (Phi) is 3.12. The van der Waals surface area contributed by atoms with Crippen LogP contribution in [0, 0.1) is 0 Å². The second-order valence-corrected chi connectivity index (χ2v) is 2.80. The first-order valence-electron chi connectivity index (χ1n) is 3.97. The quantitative estimate of drug-likeness (QED) is 0.574. The van der Waals surface area contributed by atoms with E-state index in [9.17, 15) is 5.11 Å². The molecule has 1 rings (SSSR count). The lowest BCUT2D eigenvalue weighted by atomic mass is 10.4. The van der Waals surface area contributed by atoms with E-state index >= 15 is 0 Å². The van der Waals surface area contributed by atoms with Crippen molar-refractivity contribution in [1.82, 2.24) is 4.90 Å². The number of likely N-dealkylation sites (tertiary alicyclic amines) is 1. The van der Waals surface area contributed by atoms with Crippen molar-refractivity contribution in [3.8, 4) is 0 Å². The van der Waals surface area contributed by atoms with Crippen molar-refractivity contribution in [3.05, 3.63) is 0 Å². The highest BCUT2D eigenvalue weighted by atomic mass is 16.3. The Morgan fingerprint density at radius 3 is 2.90 bits per heavy atom. The molecule has 1 aliphatic rings. The molecule has 0 spiro atoms. The lowest BCUT2D eigenvalue weighted by Crippen LogP contribution is -2.30. The van der Waals surface area contributed by atoms with E-state index in [1.807, 2.05) is 0 Å². The van der Waals surface area contributed by atoms with E-state index in [2.05, 4.69) is 4.90 Å². The zero-order valence-electron chi connectivity index (χ0n) is 6.29. The fraction of sp³-hybridized carbons (Fsp3) is 1.00. The van der Waals surface area contributed by atoms with Crippen LogP contribution >= 0.6 is 0 Å². The van der Waals surface area contributed by atoms with Gasteiger partial charge in [0.25, 0.3) is 0 Å². The Morgan fingerprint density at radius 1 is 1.60 bits per heavy atom. The van der Waals surface area contributed by atoms with Crippen LogP contribution in [0.1, 0.15) is 19.3 Å². The van der Waals surface area contributed by atoms with Crippen LogP contribution in [0.3, 0.4) is 0 Å². The van der Waals surface area contributed by atoms with Gasteiger partial charge in [0.1, 0.15) is 6.23 Å². The summed E-state index contributed by atoms with van der Waals surface area (Å²) in [6.45, 7) is 2.72. The molecule has 0 radical (unpaired) electrons. The third kappa shape index (κ3) is 1.94. The maximum absolute atomic E-state index is 9.30. The minimum atomic E-state index is -0.188. The van der Waals surface area contributed by atoms with Crippen molar-refractivity contribution in [2.24, 2.45) is 5.73 Å². The number of hydrogen-bond donors (Lipinski definition) is 2. The molecule has 3 N–H and O–H groups in total. The number of nitrogens with two attached hydrogens (primary N) is 1. The van der Waals surface area contributed by atoms with Gasteiger partial charge in [0.15, 0.2) is 0 Å². The van der Waals surface area contributed by atoms with Crippen LogP contribution < -0.4 is 5.73 Å². The molecule has 3 nitrogen and oxygen atoms in total. The van der Waals surface area contributed by atoms with Crippen LogP contribution in [0.25, 0.3) is 0 Å². The fourth-order valence-electron chi connectivity index (χ4n) is 1.36. The van der Waals surface area contributed by atoms with E-state index in [0.717, 1.165) is 38.9 Å². The van der Waals surface area contributed by atoms with Crippen molar-refractivity contribution in [3.63, 3.8) is 0 Å². The molecule has 1 heterocycles. The topological polar surface area (TPSA) is 49.5 Å². The molecular formula is C7H16N2O. The summed E-state index contributed by atoms with van der Waals surface area (Å²) in [5.41, 5.74) is 5.34. The molecule has 1 atom stereocenters. The number of rotatable bonds is 3. The molecule has 0 aromatic heterocycles. The lowest BCUT2D eigenvalue weighted by molar-refractivity contribution is 0.0381. The number of aliphatic hydroxyl groups excluding tert-OH is 1. The third-order valence-corrected chi connectivity index (χ3v) is 1.98. The van der Waals surface area contributed by atoms with E-state index in [0.29, 0.717) is 0 Å². The normalized spacial score (nSPS) is 27.6. The van der Waals surface area contributed by atoms with Crippen molar-refractivity contribution >= 4 is 0 Å². The predicted octanol–water partition coefficient (Wildman–Crippen LogP) is -0.251. The molecule has 1 unspecified atom stereocenters. The maximum atomic E-state index is 9.30. The van der Waals surface area contributed by atoms with Gasteiger partial charge in [0.05, 0.1) is 0 Å². The highest BCUT2D eigenvalue weighted by molar-refractivity contribution is 4.69. The molecule has 0 aromatic rings. The van der Waals surface area contributed by atoms with E-state index in [4.69, 9.17) is 5.73 Å². The largest absolute Gasteiger partial charge is 0.378 e. The van der Waals surface area contributed by atoms with Gasteiger partial charge >= 0.3 is 0 Å². The average Bonchev–Trinajstić information content (AvgIpc) is 2.31. The standard InChI is InChI=1S/C7H16N2O/c8-4-2-6-9-5-1-3-7(9)10/h7,10H,1-6,8H2. The summed E-state index contributed by atoms with van der Waals surface area (Å²) < 4.78 is 0. The summed E-state index contributed by atoms with van der Waals surface area (Å²) in [6.07, 6.45) is 2.87. The molecule has 3 heteroatoms. The first-order valence-corrected chi connectivity index (χ1v) is 3.97. The molecule has 10 heavy (non-hydrogen) atoms. The fourth-order valence-corrected chi connectivity index (χ4v) is 1.36. The molecule has 60 valence electrons. The van der Waals surface area contributed by atoms with Crippen LogP contribution in [-0.4, -0.2) is 35.9 Å². The van der Waals surface area contributed by atoms with Crippen LogP contribution in [0.5, 0.6) is 0 Å². The second kappa shape index (κ2) is 3.91. The van der Waals surface area contributed by atoms with Gasteiger partial charge in [-0.3, -0.25) is 4.90 Å². The van der Waals surface area contributed by atoms with Gasteiger partial charge in [-0.05, 0) is 25.8 Å². The molecule has 1 saturated heterocycles. The maximum Gasteiger partial charge on any atom is 0.107 e. The van der Waals surface area contributed by atoms with Gasteiger partial charge < -0.3 is 10.8 Å². The summed E-state index contributed by atoms with van der Waals surface area (Å²) in [4.78, 5) is 2.09. The second-order valence-electron chi connectivity index (χ2n) is 2.80. The van der Waals surface area contributed by atoms with Crippen LogP contribution in [0.15, 0.2) is 0 Å². The number of hydrogen-bond acceptors (Lipinski definition) is 3. The Morgan fingerprint density at radius 2 is 2.40 bits per heavy atom. The van der Waals surface area contributed by atoms with Gasteiger partial charge in [0.2, 0.25) is 0 Å². The van der Waals surface area contributed by atoms with E-state index in [1.165, 1.54) is 0 Å². The molecular weight excluding hydrogens is 128 g/mol. The van der Waals surface area contributed by atoms with Gasteiger partial charge in [-0.1, -0.05) is 0 Å². The summed E-state index contributed by atoms with van der Waals surface area (Å²) in [5, 5.41) is 9.30. The molecule has 0 aromatic carbocycles. The predicted molar refractivity (Wildman–Crippen MR) is 40.5 cm³/mol. The van der Waals surface area contributed by atoms with Crippen molar-refractivity contribution in [2.75, 3.05) is 19.6 Å². The molecule has 1 aliphatic heterocycles. The zero-order valence-corrected chi connectivity index (χ0v) is 6.29. The summed E-state index contributed by atoms with van der Waals surface area (Å²) >= 11 is 0. The molecule has 0 saturated carbocycles. The van der Waals surface area contributed by atoms with Crippen molar-refractivity contribution < 1.29 is 5.11 Å². The van der Waals surface area contributed by atoms with Gasteiger partial charge in [-0.2, -0.15) is 0 Å². The molecule has 0 bridgehead atoms. The highest BCUT2D eigenvalue weighted by Crippen LogP contribution is 2.13. The minimum Gasteiger partial charge on any atom is -0.378 e. The Bertz CT molecular complexity index is 97.6. The van der Waals surface area contributed by atoms with E-state index in [-0.39, 0.29) is 6.23 Å². The van der Waals surface area contributed by atoms with Crippen LogP contribution in [0.2, 0.25) is 0 Å². The third-order valence-electron chi connectivity index (χ3n) is 1.98. The molecule has 0 aliphatic carbocycles. The van der Waals surface area contributed by atoms with E-state index < -0.39 is 0 Å². The first kappa shape index (κ1) is 7.98. The zero-order chi connectivity index (χ0) is 7.40. The smallest absolute Gasteiger partial charge is 0.107 e. The summed E-state index contributed by atoms with van der Waals surface area (Å²) in [7, 11) is 0. The number of aliphatic hydroxyl groups is 1. The van der Waals surface area contributed by atoms with Crippen LogP contribution in [0.4, 0.5) is 0 Å². The Labute approximate surface area is 61.8 Å². The number of nitrogens with zero attached hydrogens (tertiary/aromatic N) is 1. The van der Waals surface area contributed by atoms with Gasteiger partial charge in [-0.15, -0.1) is 0 Å². The monoisotopic (exact) mass is 144 g/mol. The summed E-state index contributed by atoms with van der Waals surface area (Å²) in [6, 6.07) is 0. The average molecular weight is 144 g/mol. The Hall–Kier alpha value is -0.120. The van der Waals surface area contributed by atoms with Crippen LogP contribution in [-0.2, 0) is 0 Å². The Balaban J connectivity index is 2.14. The summed E-state index contributed by atoms with van der Waals surface area (Å²) in [5.74, 6) is 0.